The number of thiazole rings is 1. The quantitative estimate of drug-likeness (QED) is 0.544. The number of nitrogens with zero attached hydrogens (tertiary/aromatic N) is 4. The maximum atomic E-state index is 12.7. The molecule has 0 radical (unpaired) electrons. The highest BCUT2D eigenvalue weighted by molar-refractivity contribution is 7.12. The highest BCUT2D eigenvalue weighted by atomic mass is 32.1. The van der Waals surface area contributed by atoms with Gasteiger partial charge in [0.05, 0.1) is 39.2 Å². The number of rotatable bonds is 5. The van der Waals surface area contributed by atoms with Crippen molar-refractivity contribution in [3.05, 3.63) is 39.8 Å². The van der Waals surface area contributed by atoms with Crippen LogP contribution in [-0.4, -0.2) is 41.0 Å². The minimum absolute atomic E-state index is 0.0442. The zero-order chi connectivity index (χ0) is 24.9. The van der Waals surface area contributed by atoms with Gasteiger partial charge in [-0.1, -0.05) is 12.1 Å². The maximum Gasteiger partial charge on any atom is 0.273 e. The van der Waals surface area contributed by atoms with Gasteiger partial charge in [0.1, 0.15) is 0 Å². The van der Waals surface area contributed by atoms with Gasteiger partial charge in [-0.2, -0.15) is 0 Å². The van der Waals surface area contributed by atoms with E-state index in [9.17, 15) is 9.59 Å². The second-order valence-corrected chi connectivity index (χ2v) is 9.18. The molecule has 3 N–H and O–H groups in total. The molecule has 3 aromatic rings. The van der Waals surface area contributed by atoms with E-state index in [1.54, 1.807) is 11.3 Å². The van der Waals surface area contributed by atoms with Gasteiger partial charge in [-0.15, -0.1) is 21.5 Å². The molecule has 2 aromatic heterocycles. The van der Waals surface area contributed by atoms with E-state index in [4.69, 9.17) is 9.10 Å². The van der Waals surface area contributed by atoms with Crippen molar-refractivity contribution in [3.63, 3.8) is 0 Å². The lowest BCUT2D eigenvalue weighted by atomic mass is 10.0. The number of carbonyl (C=O) groups excluding carboxylic acids is 2. The van der Waals surface area contributed by atoms with Crippen molar-refractivity contribution in [3.8, 4) is 11.3 Å². The first kappa shape index (κ1) is 17.1. The molecular formula is C22H23N7O2S. The maximum absolute atomic E-state index is 12.7. The van der Waals surface area contributed by atoms with Crippen molar-refractivity contribution in [2.24, 2.45) is 5.92 Å². The third kappa shape index (κ3) is 3.66. The SMILES string of the molecule is [2H]C([2H])([2H])NC(=O)c1nnc(NC(=O)C2CC2)cc1Nc1cccc2c1N(C)Cc1sc(C)nc1-2. The van der Waals surface area contributed by atoms with Crippen LogP contribution in [0.4, 0.5) is 22.9 Å². The lowest BCUT2D eigenvalue weighted by Crippen LogP contribution is -2.24. The fraction of sp³-hybridized carbons (Fsp3) is 0.318. The number of aromatic nitrogens is 3. The van der Waals surface area contributed by atoms with Crippen molar-refractivity contribution in [2.75, 3.05) is 29.6 Å². The Labute approximate surface area is 193 Å². The van der Waals surface area contributed by atoms with Crippen LogP contribution in [0.3, 0.4) is 0 Å². The molecule has 1 aliphatic heterocycles. The minimum Gasteiger partial charge on any atom is -0.367 e. The molecule has 0 atom stereocenters. The molecule has 0 bridgehead atoms. The van der Waals surface area contributed by atoms with Gasteiger partial charge in [0.25, 0.3) is 5.91 Å². The van der Waals surface area contributed by atoms with Gasteiger partial charge >= 0.3 is 0 Å². The van der Waals surface area contributed by atoms with Gasteiger partial charge in [-0.3, -0.25) is 9.59 Å². The van der Waals surface area contributed by atoms with E-state index >= 15 is 0 Å². The topological polar surface area (TPSA) is 112 Å². The molecule has 2 amide bonds. The molecule has 1 aliphatic carbocycles. The fourth-order valence-corrected chi connectivity index (χ4v) is 4.83. The highest BCUT2D eigenvalue weighted by Gasteiger charge is 2.30. The van der Waals surface area contributed by atoms with Crippen LogP contribution in [0.25, 0.3) is 11.3 Å². The smallest absolute Gasteiger partial charge is 0.273 e. The van der Waals surface area contributed by atoms with Gasteiger partial charge in [0.15, 0.2) is 11.5 Å². The molecule has 1 fully saturated rings. The van der Waals surface area contributed by atoms with Crippen LogP contribution in [-0.2, 0) is 11.3 Å². The Morgan fingerprint density at radius 3 is 2.88 bits per heavy atom. The Morgan fingerprint density at radius 2 is 2.09 bits per heavy atom. The van der Waals surface area contributed by atoms with Gasteiger partial charge < -0.3 is 20.9 Å². The molecule has 3 heterocycles. The number of carbonyl (C=O) groups is 2. The summed E-state index contributed by atoms with van der Waals surface area (Å²) in [6.45, 7) is -0.0448. The van der Waals surface area contributed by atoms with Crippen LogP contribution in [0, 0.1) is 12.8 Å². The molecule has 0 unspecified atom stereocenters. The van der Waals surface area contributed by atoms with Gasteiger partial charge in [-0.25, -0.2) is 4.98 Å². The third-order valence-electron chi connectivity index (χ3n) is 5.45. The van der Waals surface area contributed by atoms with E-state index in [2.05, 4.69) is 25.7 Å². The van der Waals surface area contributed by atoms with Crippen LogP contribution in [0.15, 0.2) is 24.3 Å². The summed E-state index contributed by atoms with van der Waals surface area (Å²) >= 11 is 1.66. The van der Waals surface area contributed by atoms with Crippen LogP contribution >= 0.6 is 11.3 Å². The number of fused-ring (bicyclic) bond motifs is 3. The number of para-hydroxylation sites is 1. The highest BCUT2D eigenvalue weighted by Crippen LogP contribution is 2.45. The number of benzene rings is 1. The molecule has 10 heteroatoms. The predicted octanol–water partition coefficient (Wildman–Crippen LogP) is 3.31. The van der Waals surface area contributed by atoms with Gasteiger partial charge in [0.2, 0.25) is 5.91 Å². The van der Waals surface area contributed by atoms with Crippen molar-refractivity contribution in [2.45, 2.75) is 26.3 Å². The number of amides is 2. The van der Waals surface area contributed by atoms with Crippen LogP contribution in [0.5, 0.6) is 0 Å². The number of hydrogen-bond donors (Lipinski definition) is 3. The summed E-state index contributed by atoms with van der Waals surface area (Å²) in [6.07, 6.45) is 1.65. The van der Waals surface area contributed by atoms with Crippen molar-refractivity contribution < 1.29 is 13.7 Å². The lowest BCUT2D eigenvalue weighted by Gasteiger charge is -2.29. The molecule has 164 valence electrons. The molecule has 1 aromatic carbocycles. The van der Waals surface area contributed by atoms with Crippen molar-refractivity contribution >= 4 is 46.0 Å². The van der Waals surface area contributed by atoms with Crippen LogP contribution in [0.1, 0.15) is 37.3 Å². The summed E-state index contributed by atoms with van der Waals surface area (Å²) in [5.41, 5.74) is 3.45. The summed E-state index contributed by atoms with van der Waals surface area (Å²) in [4.78, 5) is 32.9. The zero-order valence-corrected chi connectivity index (χ0v) is 18.3. The Morgan fingerprint density at radius 1 is 1.25 bits per heavy atom. The van der Waals surface area contributed by atoms with Crippen molar-refractivity contribution in [1.29, 1.82) is 0 Å². The standard InChI is InChI=1S/C22H23N7O2S/c1-11-24-18-13-5-4-6-14(20(13)29(3)10-16(18)32-11)25-15-9-17(26-21(30)12-7-8-12)27-28-19(15)22(31)23-2/h4-6,9,12H,7-8,10H2,1-3H3,(H,23,31)(H2,25,26,27,30)/i2D3. The van der Waals surface area contributed by atoms with E-state index < -0.39 is 12.9 Å². The number of anilines is 4. The molecule has 1 saturated carbocycles. The molecule has 2 aliphatic rings. The predicted molar refractivity (Wildman–Crippen MR) is 124 cm³/mol. The average molecular weight is 453 g/mol. The average Bonchev–Trinajstić information content (AvgIpc) is 3.55. The Balaban J connectivity index is 1.54. The fourth-order valence-electron chi connectivity index (χ4n) is 3.82. The first-order valence-corrected chi connectivity index (χ1v) is 11.0. The lowest BCUT2D eigenvalue weighted by molar-refractivity contribution is -0.117. The molecule has 0 spiro atoms. The summed E-state index contributed by atoms with van der Waals surface area (Å²) in [6, 6.07) is 7.21. The summed E-state index contributed by atoms with van der Waals surface area (Å²) in [7, 11) is 1.97. The van der Waals surface area contributed by atoms with Crippen LogP contribution < -0.4 is 20.9 Å². The van der Waals surface area contributed by atoms with E-state index in [-0.39, 0.29) is 29.0 Å². The molecule has 9 nitrogen and oxygen atoms in total. The molecule has 5 rings (SSSR count). The van der Waals surface area contributed by atoms with E-state index in [0.29, 0.717) is 12.2 Å². The second-order valence-electron chi connectivity index (χ2n) is 7.90. The Bertz CT molecular complexity index is 1340. The normalized spacial score (nSPS) is 16.2. The number of hydrogen-bond acceptors (Lipinski definition) is 8. The summed E-state index contributed by atoms with van der Waals surface area (Å²) in [5.74, 6) is -0.938. The van der Waals surface area contributed by atoms with E-state index in [1.165, 1.54) is 10.9 Å². The van der Waals surface area contributed by atoms with E-state index in [0.717, 1.165) is 34.8 Å². The minimum atomic E-state index is -2.69. The molecule has 32 heavy (non-hydrogen) atoms. The number of nitrogens with one attached hydrogen (secondary N) is 3. The molecule has 0 saturated heterocycles. The van der Waals surface area contributed by atoms with Crippen LogP contribution in [0.2, 0.25) is 0 Å². The first-order chi connectivity index (χ1) is 16.6. The number of aryl methyl sites for hydroxylation is 1. The van der Waals surface area contributed by atoms with Gasteiger partial charge in [-0.05, 0) is 25.8 Å². The molecular weight excluding hydrogens is 426 g/mol. The summed E-state index contributed by atoms with van der Waals surface area (Å²) in [5, 5.41) is 16.8. The second kappa shape index (κ2) is 7.86. The monoisotopic (exact) mass is 452 g/mol. The van der Waals surface area contributed by atoms with E-state index in [1.807, 2.05) is 37.5 Å². The first-order valence-electron chi connectivity index (χ1n) is 11.7. The Hall–Kier alpha value is -3.53. The third-order valence-corrected chi connectivity index (χ3v) is 6.40. The summed E-state index contributed by atoms with van der Waals surface area (Å²) < 4.78 is 22.1. The Kier molecular flexibility index (Phi) is 4.20. The zero-order valence-electron chi connectivity index (χ0n) is 20.5. The largest absolute Gasteiger partial charge is 0.367 e. The van der Waals surface area contributed by atoms with Gasteiger partial charge in [0, 0.05) is 35.7 Å². The van der Waals surface area contributed by atoms with Crippen molar-refractivity contribution in [1.82, 2.24) is 20.5 Å².